The van der Waals surface area contributed by atoms with E-state index in [0.29, 0.717) is 0 Å². The summed E-state index contributed by atoms with van der Waals surface area (Å²) in [6, 6.07) is 0.280. The zero-order valence-electron chi connectivity index (χ0n) is 6.93. The zero-order valence-corrected chi connectivity index (χ0v) is 11.3. The fourth-order valence-corrected chi connectivity index (χ4v) is 0.602. The molecule has 0 aromatic carbocycles. The fraction of sp³-hybridized carbons (Fsp3) is 0.429. The second kappa shape index (κ2) is 7.78. The molecule has 5 heteroatoms. The maximum atomic E-state index is 4.18. The third kappa shape index (κ3) is 5.76. The number of hydrogen-bond donors (Lipinski definition) is 0. The van der Waals surface area contributed by atoms with Crippen molar-refractivity contribution in [2.75, 3.05) is 0 Å². The van der Waals surface area contributed by atoms with Crippen molar-refractivity contribution in [3.05, 3.63) is 24.0 Å². The quantitative estimate of drug-likeness (QED) is 0.744. The molecular formula is C7H9N3VW-2. The van der Waals surface area contributed by atoms with Gasteiger partial charge in [-0.1, -0.05) is 26.2 Å². The Morgan fingerprint density at radius 3 is 2.67 bits per heavy atom. The number of hydrogen-bond acceptors (Lipinski definition) is 2. The fourth-order valence-electron chi connectivity index (χ4n) is 0.602. The predicted octanol–water partition coefficient (Wildman–Crippen LogP) is 1.69. The Labute approximate surface area is 90.2 Å². The van der Waals surface area contributed by atoms with Crippen molar-refractivity contribution in [2.24, 2.45) is 0 Å². The van der Waals surface area contributed by atoms with Crippen LogP contribution in [0.3, 0.4) is 0 Å². The first-order chi connectivity index (χ1) is 5.79. The summed E-state index contributed by atoms with van der Waals surface area (Å²) in [4.78, 5) is 7.51. The van der Waals surface area contributed by atoms with Crippen LogP contribution in [0.15, 0.2) is 12.5 Å². The van der Waals surface area contributed by atoms with Gasteiger partial charge in [0.2, 0.25) is 0 Å². The Bertz CT molecular complexity index is 205. The molecule has 0 bridgehead atoms. The molecule has 65 valence electrons. The van der Waals surface area contributed by atoms with Gasteiger partial charge in [-0.15, -0.1) is 6.04 Å². The van der Waals surface area contributed by atoms with E-state index in [1.165, 1.54) is 23.1 Å². The third-order valence-electron chi connectivity index (χ3n) is 0.898. The summed E-state index contributed by atoms with van der Waals surface area (Å²) in [5.41, 5.74) is 0.720. The SMILES string of the molecule is CC(C)[N-]c1[c-]ncnc1.[V]=[W]. The van der Waals surface area contributed by atoms with Crippen LogP contribution in [0.1, 0.15) is 13.8 Å². The molecule has 0 saturated carbocycles. The molecule has 0 radical (unpaired) electrons. The summed E-state index contributed by atoms with van der Waals surface area (Å²) >= 11 is 3.92. The molecule has 0 fully saturated rings. The van der Waals surface area contributed by atoms with Gasteiger partial charge in [-0.3, -0.25) is 0 Å². The average Bonchev–Trinajstić information content (AvgIpc) is 2.08. The molecule has 0 atom stereocenters. The summed E-state index contributed by atoms with van der Waals surface area (Å²) in [6.07, 6.45) is 5.81. The van der Waals surface area contributed by atoms with E-state index in [4.69, 9.17) is 0 Å². The van der Waals surface area contributed by atoms with E-state index >= 15 is 0 Å². The molecule has 1 aromatic rings. The van der Waals surface area contributed by atoms with Gasteiger partial charge in [0.05, 0.1) is 0 Å². The van der Waals surface area contributed by atoms with Crippen molar-refractivity contribution < 1.29 is 30.9 Å². The van der Waals surface area contributed by atoms with E-state index in [1.54, 1.807) is 6.20 Å². The van der Waals surface area contributed by atoms with Gasteiger partial charge < -0.3 is 15.3 Å². The molecule has 0 amide bonds. The van der Waals surface area contributed by atoms with Crippen molar-refractivity contribution in [3.63, 3.8) is 0 Å². The van der Waals surface area contributed by atoms with Crippen LogP contribution in [0.2, 0.25) is 0 Å². The summed E-state index contributed by atoms with van der Waals surface area (Å²) in [5.74, 6) is 0. The molecule has 0 aliphatic heterocycles. The van der Waals surface area contributed by atoms with Crippen molar-refractivity contribution in [3.8, 4) is 0 Å². The molecule has 1 rings (SSSR count). The van der Waals surface area contributed by atoms with Crippen molar-refractivity contribution in [1.82, 2.24) is 9.97 Å². The molecule has 0 N–H and O–H groups in total. The maximum absolute atomic E-state index is 4.18. The molecule has 1 aromatic heterocycles. The van der Waals surface area contributed by atoms with Gasteiger partial charge in [0.15, 0.2) is 0 Å². The van der Waals surface area contributed by atoms with Gasteiger partial charge in [0, 0.05) is 0 Å². The van der Waals surface area contributed by atoms with Crippen LogP contribution in [-0.2, 0) is 30.9 Å². The Morgan fingerprint density at radius 2 is 2.25 bits per heavy atom. The van der Waals surface area contributed by atoms with Crippen LogP contribution in [-0.4, -0.2) is 16.0 Å². The molecule has 0 saturated heterocycles. The Morgan fingerprint density at radius 1 is 1.58 bits per heavy atom. The molecule has 0 unspecified atom stereocenters. The first kappa shape index (κ1) is 12.2. The van der Waals surface area contributed by atoms with Crippen LogP contribution in [0, 0.1) is 6.20 Å². The number of rotatable bonds is 2. The van der Waals surface area contributed by atoms with E-state index in [2.05, 4.69) is 35.6 Å². The predicted molar refractivity (Wildman–Crippen MR) is 39.0 cm³/mol. The summed E-state index contributed by atoms with van der Waals surface area (Å²) in [5, 5.41) is 4.18. The van der Waals surface area contributed by atoms with Gasteiger partial charge in [-0.25, -0.2) is 5.69 Å². The molecule has 0 aliphatic carbocycles. The average molecular weight is 370 g/mol. The van der Waals surface area contributed by atoms with E-state index < -0.39 is 0 Å². The summed E-state index contributed by atoms with van der Waals surface area (Å²) < 4.78 is 0. The zero-order chi connectivity index (χ0) is 9.40. The Hall–Kier alpha value is 0.153. The molecular weight excluding hydrogens is 361 g/mol. The molecule has 0 spiro atoms. The van der Waals surface area contributed by atoms with Gasteiger partial charge in [0.25, 0.3) is 0 Å². The van der Waals surface area contributed by atoms with Gasteiger partial charge in [0.1, 0.15) is 0 Å². The van der Waals surface area contributed by atoms with Gasteiger partial charge in [-0.05, 0) is 6.33 Å². The monoisotopic (exact) mass is 370 g/mol. The van der Waals surface area contributed by atoms with E-state index in [9.17, 15) is 0 Å². The van der Waals surface area contributed by atoms with Crippen LogP contribution in [0.5, 0.6) is 0 Å². The van der Waals surface area contributed by atoms with Gasteiger partial charge >= 0.3 is 30.9 Å². The second-order valence-electron chi connectivity index (χ2n) is 2.24. The third-order valence-corrected chi connectivity index (χ3v) is 0.898. The van der Waals surface area contributed by atoms with Crippen LogP contribution >= 0.6 is 0 Å². The Balaban J connectivity index is 0.000000561. The van der Waals surface area contributed by atoms with E-state index in [-0.39, 0.29) is 6.04 Å². The van der Waals surface area contributed by atoms with Crippen molar-refractivity contribution in [2.45, 2.75) is 19.9 Å². The normalized spacial score (nSPS) is 8.50. The molecule has 12 heavy (non-hydrogen) atoms. The van der Waals surface area contributed by atoms with E-state index in [1.807, 2.05) is 13.8 Å². The van der Waals surface area contributed by atoms with Crippen LogP contribution < -0.4 is 0 Å². The van der Waals surface area contributed by atoms with Crippen molar-refractivity contribution >= 4 is 5.69 Å². The van der Waals surface area contributed by atoms with Crippen molar-refractivity contribution in [1.29, 1.82) is 0 Å². The topological polar surface area (TPSA) is 39.9 Å². The standard InChI is InChI=1S/C7H9N3.V.W/c1-6(2)10-7-3-8-5-9-4-7;;/h3,5-6H,1-2H3;;/q-2;;. The minimum atomic E-state index is 0.280. The first-order valence-electron chi connectivity index (χ1n) is 3.36. The number of nitrogens with zero attached hydrogens (tertiary/aromatic N) is 3. The minimum absolute atomic E-state index is 0.280. The molecule has 3 nitrogen and oxygen atoms in total. The van der Waals surface area contributed by atoms with E-state index in [0.717, 1.165) is 5.69 Å². The van der Waals surface area contributed by atoms with Gasteiger partial charge in [-0.2, -0.15) is 0 Å². The summed E-state index contributed by atoms with van der Waals surface area (Å²) in [7, 11) is 0. The molecule has 0 aliphatic rings. The van der Waals surface area contributed by atoms with Crippen LogP contribution in [0.25, 0.3) is 5.32 Å². The Kier molecular flexibility index (Phi) is 7.88. The number of aromatic nitrogens is 2. The summed E-state index contributed by atoms with van der Waals surface area (Å²) in [6.45, 7) is 4.00. The molecule has 1 heterocycles. The first-order valence-corrected chi connectivity index (χ1v) is 9.34. The van der Waals surface area contributed by atoms with Crippen LogP contribution in [0.4, 0.5) is 5.69 Å². The second-order valence-corrected chi connectivity index (χ2v) is 2.24.